The summed E-state index contributed by atoms with van der Waals surface area (Å²) in [7, 11) is 0. The molecular weight excluding hydrogens is 294 g/mol. The molecule has 4 nitrogen and oxygen atoms in total. The first-order valence-electron chi connectivity index (χ1n) is 7.56. The first-order chi connectivity index (χ1) is 10.8. The number of likely N-dealkylation sites (tertiary alicyclic amines) is 1. The lowest BCUT2D eigenvalue weighted by molar-refractivity contribution is -0.131. The van der Waals surface area contributed by atoms with Crippen LogP contribution in [0.5, 0.6) is 0 Å². The summed E-state index contributed by atoms with van der Waals surface area (Å²) in [5, 5.41) is 12.6. The maximum Gasteiger partial charge on any atom is 0.229 e. The van der Waals surface area contributed by atoms with E-state index in [4.69, 9.17) is 0 Å². The molecular formula is C17H17N3OS. The maximum atomic E-state index is 12.7. The molecule has 1 aliphatic rings. The summed E-state index contributed by atoms with van der Waals surface area (Å²) in [6.07, 6.45) is 2.53. The molecule has 4 rings (SSSR count). The minimum absolute atomic E-state index is 0.183. The molecule has 22 heavy (non-hydrogen) atoms. The second kappa shape index (κ2) is 5.57. The number of hydrogen-bond donors (Lipinski definition) is 1. The van der Waals surface area contributed by atoms with Gasteiger partial charge < -0.3 is 4.90 Å². The van der Waals surface area contributed by atoms with Crippen molar-refractivity contribution in [1.29, 1.82) is 0 Å². The highest BCUT2D eigenvalue weighted by Gasteiger charge is 2.30. The third-order valence-corrected chi connectivity index (χ3v) is 5.07. The van der Waals surface area contributed by atoms with Crippen molar-refractivity contribution in [1.82, 2.24) is 15.1 Å². The van der Waals surface area contributed by atoms with Crippen molar-refractivity contribution < 1.29 is 4.79 Å². The number of nitrogens with one attached hydrogen (secondary N) is 1. The topological polar surface area (TPSA) is 49.0 Å². The highest BCUT2D eigenvalue weighted by atomic mass is 32.1. The highest BCUT2D eigenvalue weighted by Crippen LogP contribution is 2.33. The van der Waals surface area contributed by atoms with Gasteiger partial charge in [-0.05, 0) is 41.3 Å². The quantitative estimate of drug-likeness (QED) is 0.804. The van der Waals surface area contributed by atoms with Crippen LogP contribution in [0.2, 0.25) is 0 Å². The van der Waals surface area contributed by atoms with E-state index in [1.165, 1.54) is 5.56 Å². The van der Waals surface area contributed by atoms with Gasteiger partial charge in [-0.2, -0.15) is 16.4 Å². The van der Waals surface area contributed by atoms with Gasteiger partial charge in [-0.3, -0.25) is 9.89 Å². The Morgan fingerprint density at radius 3 is 3.14 bits per heavy atom. The van der Waals surface area contributed by atoms with E-state index in [0.717, 1.165) is 36.0 Å². The minimum atomic E-state index is 0.183. The third kappa shape index (κ3) is 2.31. The molecule has 0 radical (unpaired) electrons. The molecule has 1 N–H and O–H groups in total. The Morgan fingerprint density at radius 2 is 2.27 bits per heavy atom. The maximum absolute atomic E-state index is 12.7. The first kappa shape index (κ1) is 13.5. The molecule has 2 aromatic heterocycles. The molecule has 0 aliphatic carbocycles. The number of H-pyrrole nitrogens is 1. The molecule has 3 heterocycles. The lowest BCUT2D eigenvalue weighted by Gasteiger charge is -2.24. The third-order valence-electron chi connectivity index (χ3n) is 4.37. The summed E-state index contributed by atoms with van der Waals surface area (Å²) >= 11 is 1.69. The standard InChI is InChI=1S/C17H17N3OS/c21-17(10-15-13-4-1-2-5-14(13)18-19-15)20-8-3-6-16(20)12-7-9-22-11-12/h1-2,4-5,7,9,11,16H,3,6,8,10H2,(H,18,19). The fourth-order valence-corrected chi connectivity index (χ4v) is 3.99. The van der Waals surface area contributed by atoms with Crippen LogP contribution in [0.15, 0.2) is 41.1 Å². The Balaban J connectivity index is 1.57. The summed E-state index contributed by atoms with van der Waals surface area (Å²) in [5.41, 5.74) is 3.10. The fraction of sp³-hybridized carbons (Fsp3) is 0.294. The number of aromatic amines is 1. The normalized spacial score (nSPS) is 18.2. The molecule has 1 atom stereocenters. The zero-order valence-electron chi connectivity index (χ0n) is 12.2. The lowest BCUT2D eigenvalue weighted by Crippen LogP contribution is -2.31. The van der Waals surface area contributed by atoms with Crippen molar-refractivity contribution in [2.24, 2.45) is 0 Å². The average molecular weight is 311 g/mol. The van der Waals surface area contributed by atoms with Crippen LogP contribution < -0.4 is 0 Å². The predicted octanol–water partition coefficient (Wildman–Crippen LogP) is 3.53. The number of aromatic nitrogens is 2. The largest absolute Gasteiger partial charge is 0.335 e. The monoisotopic (exact) mass is 311 g/mol. The lowest BCUT2D eigenvalue weighted by atomic mass is 10.1. The highest BCUT2D eigenvalue weighted by molar-refractivity contribution is 7.07. The molecule has 112 valence electrons. The zero-order chi connectivity index (χ0) is 14.9. The van der Waals surface area contributed by atoms with Crippen molar-refractivity contribution in [3.05, 3.63) is 52.3 Å². The molecule has 1 saturated heterocycles. The SMILES string of the molecule is O=C(Cc1[nH]nc2ccccc12)N1CCCC1c1ccsc1. The average Bonchev–Trinajstić information content (AvgIpc) is 3.27. The van der Waals surface area contributed by atoms with Gasteiger partial charge in [-0.25, -0.2) is 0 Å². The Bertz CT molecular complexity index is 793. The Kier molecular flexibility index (Phi) is 3.42. The van der Waals surface area contributed by atoms with E-state index in [-0.39, 0.29) is 11.9 Å². The molecule has 1 amide bonds. The number of carbonyl (C=O) groups is 1. The molecule has 1 aliphatic heterocycles. The van der Waals surface area contributed by atoms with E-state index in [1.807, 2.05) is 29.2 Å². The number of rotatable bonds is 3. The van der Waals surface area contributed by atoms with Crippen LogP contribution in [0.25, 0.3) is 10.9 Å². The van der Waals surface area contributed by atoms with Gasteiger partial charge in [0.05, 0.1) is 23.7 Å². The Labute approximate surface area is 132 Å². The number of nitrogens with zero attached hydrogens (tertiary/aromatic N) is 2. The van der Waals surface area contributed by atoms with Crippen LogP contribution in [-0.4, -0.2) is 27.5 Å². The van der Waals surface area contributed by atoms with E-state index in [1.54, 1.807) is 11.3 Å². The van der Waals surface area contributed by atoms with Gasteiger partial charge in [0, 0.05) is 11.9 Å². The fourth-order valence-electron chi connectivity index (χ4n) is 3.28. The zero-order valence-corrected chi connectivity index (χ0v) is 13.0. The minimum Gasteiger partial charge on any atom is -0.335 e. The first-order valence-corrected chi connectivity index (χ1v) is 8.51. The van der Waals surface area contributed by atoms with Crippen LogP contribution in [0.4, 0.5) is 0 Å². The van der Waals surface area contributed by atoms with Gasteiger partial charge in [-0.1, -0.05) is 18.2 Å². The van der Waals surface area contributed by atoms with E-state index in [0.29, 0.717) is 6.42 Å². The van der Waals surface area contributed by atoms with Crippen molar-refractivity contribution >= 4 is 28.1 Å². The number of fused-ring (bicyclic) bond motifs is 1. The van der Waals surface area contributed by atoms with Gasteiger partial charge in [0.1, 0.15) is 0 Å². The van der Waals surface area contributed by atoms with Gasteiger partial charge in [0.2, 0.25) is 5.91 Å². The summed E-state index contributed by atoms with van der Waals surface area (Å²) in [4.78, 5) is 14.8. The van der Waals surface area contributed by atoms with Crippen LogP contribution in [-0.2, 0) is 11.2 Å². The molecule has 5 heteroatoms. The molecule has 1 fully saturated rings. The number of amides is 1. The number of benzene rings is 1. The molecule has 0 saturated carbocycles. The van der Waals surface area contributed by atoms with Gasteiger partial charge in [0.15, 0.2) is 0 Å². The molecule has 0 spiro atoms. The number of hydrogen-bond acceptors (Lipinski definition) is 3. The molecule has 3 aromatic rings. The van der Waals surface area contributed by atoms with Crippen molar-refractivity contribution in [2.75, 3.05) is 6.54 Å². The van der Waals surface area contributed by atoms with E-state index in [2.05, 4.69) is 27.0 Å². The second-order valence-electron chi connectivity index (χ2n) is 5.70. The van der Waals surface area contributed by atoms with Gasteiger partial charge in [0.25, 0.3) is 0 Å². The summed E-state index contributed by atoms with van der Waals surface area (Å²) in [6, 6.07) is 10.3. The molecule has 1 unspecified atom stereocenters. The van der Waals surface area contributed by atoms with E-state index in [9.17, 15) is 4.79 Å². The van der Waals surface area contributed by atoms with Crippen LogP contribution in [0, 0.1) is 0 Å². The van der Waals surface area contributed by atoms with Crippen LogP contribution >= 0.6 is 11.3 Å². The smallest absolute Gasteiger partial charge is 0.229 e. The predicted molar refractivity (Wildman–Crippen MR) is 87.8 cm³/mol. The molecule has 1 aromatic carbocycles. The van der Waals surface area contributed by atoms with Gasteiger partial charge in [-0.15, -0.1) is 0 Å². The van der Waals surface area contributed by atoms with Crippen LogP contribution in [0.1, 0.15) is 30.1 Å². The second-order valence-corrected chi connectivity index (χ2v) is 6.48. The Morgan fingerprint density at radius 1 is 1.36 bits per heavy atom. The van der Waals surface area contributed by atoms with E-state index < -0.39 is 0 Å². The van der Waals surface area contributed by atoms with Gasteiger partial charge >= 0.3 is 0 Å². The van der Waals surface area contributed by atoms with E-state index >= 15 is 0 Å². The summed E-state index contributed by atoms with van der Waals surface area (Å²) in [6.45, 7) is 0.853. The van der Waals surface area contributed by atoms with Crippen molar-refractivity contribution in [3.8, 4) is 0 Å². The number of carbonyl (C=O) groups excluding carboxylic acids is 1. The van der Waals surface area contributed by atoms with Crippen LogP contribution in [0.3, 0.4) is 0 Å². The summed E-state index contributed by atoms with van der Waals surface area (Å²) in [5.74, 6) is 0.183. The van der Waals surface area contributed by atoms with Crippen molar-refractivity contribution in [2.45, 2.75) is 25.3 Å². The van der Waals surface area contributed by atoms with Crippen molar-refractivity contribution in [3.63, 3.8) is 0 Å². The Hall–Kier alpha value is -2.14. The number of thiophene rings is 1. The molecule has 0 bridgehead atoms. The number of para-hydroxylation sites is 1. The summed E-state index contributed by atoms with van der Waals surface area (Å²) < 4.78 is 0.